The standard InChI is InChI=1S/C11H22N2/c1-3-6-13(11-7-12-8-11)9(2)10-4-5-10/h9-12H,3-8H2,1-2H3. The van der Waals surface area contributed by atoms with Crippen LogP contribution in [-0.2, 0) is 0 Å². The Morgan fingerprint density at radius 1 is 1.38 bits per heavy atom. The summed E-state index contributed by atoms with van der Waals surface area (Å²) in [5.74, 6) is 1.02. The fourth-order valence-electron chi connectivity index (χ4n) is 2.33. The van der Waals surface area contributed by atoms with Crippen molar-refractivity contribution in [3.05, 3.63) is 0 Å². The van der Waals surface area contributed by atoms with E-state index in [-0.39, 0.29) is 0 Å². The summed E-state index contributed by atoms with van der Waals surface area (Å²) in [6, 6.07) is 1.68. The van der Waals surface area contributed by atoms with Gasteiger partial charge in [0.15, 0.2) is 0 Å². The summed E-state index contributed by atoms with van der Waals surface area (Å²) in [6.45, 7) is 8.45. The van der Waals surface area contributed by atoms with Crippen LogP contribution in [0.5, 0.6) is 0 Å². The van der Waals surface area contributed by atoms with E-state index in [1.54, 1.807) is 0 Å². The minimum absolute atomic E-state index is 0.840. The molecule has 2 nitrogen and oxygen atoms in total. The highest BCUT2D eigenvalue weighted by molar-refractivity contribution is 4.92. The zero-order chi connectivity index (χ0) is 9.26. The molecular weight excluding hydrogens is 160 g/mol. The van der Waals surface area contributed by atoms with E-state index in [1.807, 2.05) is 0 Å². The molecule has 1 atom stereocenters. The molecule has 76 valence electrons. The second-order valence-corrected chi connectivity index (χ2v) is 4.63. The molecule has 0 aromatic heterocycles. The quantitative estimate of drug-likeness (QED) is 0.692. The van der Waals surface area contributed by atoms with E-state index in [9.17, 15) is 0 Å². The van der Waals surface area contributed by atoms with E-state index in [1.165, 1.54) is 38.9 Å². The van der Waals surface area contributed by atoms with Crippen LogP contribution in [0.15, 0.2) is 0 Å². The average molecular weight is 182 g/mol. The molecule has 1 unspecified atom stereocenters. The molecule has 2 rings (SSSR count). The van der Waals surface area contributed by atoms with Crippen molar-refractivity contribution in [2.45, 2.75) is 45.2 Å². The molecule has 0 bridgehead atoms. The summed E-state index contributed by atoms with van der Waals surface area (Å²) in [7, 11) is 0. The Bertz CT molecular complexity index is 161. The molecule has 1 saturated heterocycles. The molecule has 1 saturated carbocycles. The van der Waals surface area contributed by atoms with Crippen LogP contribution in [-0.4, -0.2) is 36.6 Å². The Hall–Kier alpha value is -0.0800. The molecule has 0 aromatic rings. The first kappa shape index (κ1) is 9.47. The monoisotopic (exact) mass is 182 g/mol. The normalized spacial score (nSPS) is 26.1. The fraction of sp³-hybridized carbons (Fsp3) is 1.00. The van der Waals surface area contributed by atoms with E-state index >= 15 is 0 Å². The Morgan fingerprint density at radius 3 is 2.46 bits per heavy atom. The van der Waals surface area contributed by atoms with Crippen molar-refractivity contribution in [2.24, 2.45) is 5.92 Å². The van der Waals surface area contributed by atoms with Crippen LogP contribution in [0.3, 0.4) is 0 Å². The van der Waals surface area contributed by atoms with Gasteiger partial charge in [-0.1, -0.05) is 6.92 Å². The van der Waals surface area contributed by atoms with Crippen molar-refractivity contribution in [1.29, 1.82) is 0 Å². The topological polar surface area (TPSA) is 15.3 Å². The van der Waals surface area contributed by atoms with Gasteiger partial charge in [-0.25, -0.2) is 0 Å². The molecule has 1 N–H and O–H groups in total. The smallest absolute Gasteiger partial charge is 0.0348 e. The SMILES string of the molecule is CCCN(C1CNC1)C(C)C1CC1. The summed E-state index contributed by atoms with van der Waals surface area (Å²) in [5, 5.41) is 3.37. The lowest BCUT2D eigenvalue weighted by Gasteiger charge is -2.42. The summed E-state index contributed by atoms with van der Waals surface area (Å²) in [6.07, 6.45) is 4.25. The van der Waals surface area contributed by atoms with Crippen molar-refractivity contribution < 1.29 is 0 Å². The number of hydrogen-bond acceptors (Lipinski definition) is 2. The van der Waals surface area contributed by atoms with Crippen molar-refractivity contribution in [3.8, 4) is 0 Å². The Kier molecular flexibility index (Phi) is 2.89. The van der Waals surface area contributed by atoms with Gasteiger partial charge in [-0.05, 0) is 38.6 Å². The molecular formula is C11H22N2. The number of hydrogen-bond donors (Lipinski definition) is 1. The van der Waals surface area contributed by atoms with E-state index < -0.39 is 0 Å². The lowest BCUT2D eigenvalue weighted by Crippen LogP contribution is -2.60. The second kappa shape index (κ2) is 3.97. The summed E-state index contributed by atoms with van der Waals surface area (Å²) in [4.78, 5) is 2.73. The first-order valence-electron chi connectivity index (χ1n) is 5.79. The predicted octanol–water partition coefficient (Wildman–Crippen LogP) is 1.47. The molecule has 0 radical (unpaired) electrons. The van der Waals surface area contributed by atoms with Gasteiger partial charge >= 0.3 is 0 Å². The number of nitrogens with zero attached hydrogens (tertiary/aromatic N) is 1. The lowest BCUT2D eigenvalue weighted by molar-refractivity contribution is 0.0918. The highest BCUT2D eigenvalue weighted by Crippen LogP contribution is 2.36. The van der Waals surface area contributed by atoms with Gasteiger partial charge in [-0.15, -0.1) is 0 Å². The first-order valence-corrected chi connectivity index (χ1v) is 5.79. The molecule has 1 aliphatic carbocycles. The molecule has 2 fully saturated rings. The molecule has 1 heterocycles. The van der Waals surface area contributed by atoms with Crippen molar-refractivity contribution in [2.75, 3.05) is 19.6 Å². The van der Waals surface area contributed by atoms with Gasteiger partial charge in [0.2, 0.25) is 0 Å². The van der Waals surface area contributed by atoms with Crippen LogP contribution in [0.25, 0.3) is 0 Å². The zero-order valence-corrected chi connectivity index (χ0v) is 8.92. The van der Waals surface area contributed by atoms with Crippen molar-refractivity contribution >= 4 is 0 Å². The number of rotatable bonds is 5. The molecule has 1 aliphatic heterocycles. The summed E-state index contributed by atoms with van der Waals surface area (Å²) >= 11 is 0. The average Bonchev–Trinajstić information content (AvgIpc) is 2.81. The Labute approximate surface area is 81.7 Å². The Balaban J connectivity index is 1.86. The molecule has 0 spiro atoms. The van der Waals surface area contributed by atoms with Crippen LogP contribution in [0.1, 0.15) is 33.1 Å². The van der Waals surface area contributed by atoms with Crippen LogP contribution in [0.4, 0.5) is 0 Å². The van der Waals surface area contributed by atoms with Crippen molar-refractivity contribution in [1.82, 2.24) is 10.2 Å². The van der Waals surface area contributed by atoms with E-state index in [2.05, 4.69) is 24.1 Å². The molecule has 13 heavy (non-hydrogen) atoms. The summed E-state index contributed by atoms with van der Waals surface area (Å²) in [5.41, 5.74) is 0. The van der Waals surface area contributed by atoms with E-state index in [0.717, 1.165) is 18.0 Å². The van der Waals surface area contributed by atoms with Gasteiger partial charge in [0.25, 0.3) is 0 Å². The second-order valence-electron chi connectivity index (χ2n) is 4.63. The predicted molar refractivity (Wildman–Crippen MR) is 55.8 cm³/mol. The maximum absolute atomic E-state index is 3.37. The van der Waals surface area contributed by atoms with Gasteiger partial charge in [0.1, 0.15) is 0 Å². The van der Waals surface area contributed by atoms with Crippen LogP contribution < -0.4 is 5.32 Å². The number of nitrogens with one attached hydrogen (secondary N) is 1. The maximum Gasteiger partial charge on any atom is 0.0348 e. The van der Waals surface area contributed by atoms with Crippen LogP contribution in [0.2, 0.25) is 0 Å². The van der Waals surface area contributed by atoms with Gasteiger partial charge < -0.3 is 5.32 Å². The maximum atomic E-state index is 3.37. The molecule has 2 heteroatoms. The third-order valence-electron chi connectivity index (χ3n) is 3.54. The molecule has 0 amide bonds. The van der Waals surface area contributed by atoms with Crippen molar-refractivity contribution in [3.63, 3.8) is 0 Å². The first-order chi connectivity index (χ1) is 6.33. The van der Waals surface area contributed by atoms with Gasteiger partial charge in [-0.3, -0.25) is 4.90 Å². The zero-order valence-electron chi connectivity index (χ0n) is 8.92. The third-order valence-corrected chi connectivity index (χ3v) is 3.54. The van der Waals surface area contributed by atoms with Gasteiger partial charge in [-0.2, -0.15) is 0 Å². The largest absolute Gasteiger partial charge is 0.314 e. The highest BCUT2D eigenvalue weighted by Gasteiger charge is 2.36. The summed E-state index contributed by atoms with van der Waals surface area (Å²) < 4.78 is 0. The van der Waals surface area contributed by atoms with E-state index in [0.29, 0.717) is 0 Å². The molecule has 0 aromatic carbocycles. The van der Waals surface area contributed by atoms with Crippen LogP contribution in [0, 0.1) is 5.92 Å². The minimum Gasteiger partial charge on any atom is -0.314 e. The van der Waals surface area contributed by atoms with Gasteiger partial charge in [0, 0.05) is 25.2 Å². The lowest BCUT2D eigenvalue weighted by atomic mass is 10.0. The van der Waals surface area contributed by atoms with Crippen LogP contribution >= 0.6 is 0 Å². The van der Waals surface area contributed by atoms with Gasteiger partial charge in [0.05, 0.1) is 0 Å². The Morgan fingerprint density at radius 2 is 2.08 bits per heavy atom. The molecule has 2 aliphatic rings. The minimum atomic E-state index is 0.840. The fourth-order valence-corrected chi connectivity index (χ4v) is 2.33. The third kappa shape index (κ3) is 2.05. The van der Waals surface area contributed by atoms with E-state index in [4.69, 9.17) is 0 Å². The highest BCUT2D eigenvalue weighted by atomic mass is 15.3.